The summed E-state index contributed by atoms with van der Waals surface area (Å²) in [6, 6.07) is 9.71. The molecule has 0 saturated heterocycles. The number of rotatable bonds is 4. The summed E-state index contributed by atoms with van der Waals surface area (Å²) in [5, 5.41) is 9.38. The van der Waals surface area contributed by atoms with E-state index in [4.69, 9.17) is 4.74 Å². The zero-order chi connectivity index (χ0) is 11.4. The first-order valence-electron chi connectivity index (χ1n) is 5.29. The van der Waals surface area contributed by atoms with Gasteiger partial charge in [0.15, 0.2) is 0 Å². The van der Waals surface area contributed by atoms with Gasteiger partial charge in [-0.25, -0.2) is 4.99 Å². The largest absolute Gasteiger partial charge is 0.475 e. The van der Waals surface area contributed by atoms with Gasteiger partial charge in [0.25, 0.3) is 0 Å². The van der Waals surface area contributed by atoms with Crippen LogP contribution in [0.5, 0.6) is 0 Å². The molecule has 0 aromatic heterocycles. The molecule has 3 heteroatoms. The number of aliphatic hydroxyl groups is 1. The van der Waals surface area contributed by atoms with Crippen molar-refractivity contribution in [3.63, 3.8) is 0 Å². The molecule has 1 aliphatic rings. The molecule has 1 aliphatic heterocycles. The summed E-state index contributed by atoms with van der Waals surface area (Å²) < 4.78 is 5.54. The topological polar surface area (TPSA) is 41.8 Å². The summed E-state index contributed by atoms with van der Waals surface area (Å²) >= 11 is 0. The molecule has 16 heavy (non-hydrogen) atoms. The summed E-state index contributed by atoms with van der Waals surface area (Å²) in [5.74, 6) is 0.608. The van der Waals surface area contributed by atoms with Crippen LogP contribution < -0.4 is 0 Å². The SMILES string of the molecule is C=CC[C@@]1(CO)COC(c2ccccc2)=N1. The van der Waals surface area contributed by atoms with E-state index in [2.05, 4.69) is 11.6 Å². The minimum absolute atomic E-state index is 0.0185. The third-order valence-electron chi connectivity index (χ3n) is 2.66. The molecule has 84 valence electrons. The van der Waals surface area contributed by atoms with Crippen LogP contribution in [0.3, 0.4) is 0 Å². The van der Waals surface area contributed by atoms with Crippen molar-refractivity contribution in [3.05, 3.63) is 48.6 Å². The number of hydrogen-bond donors (Lipinski definition) is 1. The number of nitrogens with zero attached hydrogens (tertiary/aromatic N) is 1. The lowest BCUT2D eigenvalue weighted by atomic mass is 9.99. The summed E-state index contributed by atoms with van der Waals surface area (Å²) in [7, 11) is 0. The van der Waals surface area contributed by atoms with Crippen molar-refractivity contribution in [3.8, 4) is 0 Å². The van der Waals surface area contributed by atoms with Crippen molar-refractivity contribution in [2.45, 2.75) is 12.0 Å². The lowest BCUT2D eigenvalue weighted by Crippen LogP contribution is -2.32. The van der Waals surface area contributed by atoms with E-state index in [9.17, 15) is 5.11 Å². The molecule has 0 amide bonds. The third-order valence-corrected chi connectivity index (χ3v) is 2.66. The number of aliphatic hydroxyl groups excluding tert-OH is 1. The summed E-state index contributed by atoms with van der Waals surface area (Å²) in [6.45, 7) is 4.08. The van der Waals surface area contributed by atoms with Crippen LogP contribution in [0.1, 0.15) is 12.0 Å². The van der Waals surface area contributed by atoms with Gasteiger partial charge in [-0.2, -0.15) is 0 Å². The quantitative estimate of drug-likeness (QED) is 0.781. The van der Waals surface area contributed by atoms with Crippen LogP contribution in [-0.2, 0) is 4.74 Å². The zero-order valence-corrected chi connectivity index (χ0v) is 9.10. The van der Waals surface area contributed by atoms with E-state index < -0.39 is 5.54 Å². The fourth-order valence-electron chi connectivity index (χ4n) is 1.73. The first kappa shape index (κ1) is 10.9. The molecule has 1 heterocycles. The molecule has 1 N–H and O–H groups in total. The summed E-state index contributed by atoms with van der Waals surface area (Å²) in [5.41, 5.74) is 0.411. The van der Waals surface area contributed by atoms with Crippen LogP contribution in [0.2, 0.25) is 0 Å². The number of benzene rings is 1. The Labute approximate surface area is 95.1 Å². The minimum atomic E-state index is -0.535. The normalized spacial score (nSPS) is 23.7. The molecule has 3 nitrogen and oxygen atoms in total. The number of ether oxygens (including phenoxy) is 1. The van der Waals surface area contributed by atoms with Crippen molar-refractivity contribution in [1.82, 2.24) is 0 Å². The fraction of sp³-hybridized carbons (Fsp3) is 0.308. The highest BCUT2D eigenvalue weighted by Crippen LogP contribution is 2.25. The molecule has 0 fully saturated rings. The van der Waals surface area contributed by atoms with E-state index in [-0.39, 0.29) is 6.61 Å². The predicted molar refractivity (Wildman–Crippen MR) is 63.6 cm³/mol. The van der Waals surface area contributed by atoms with E-state index in [0.717, 1.165) is 5.56 Å². The first-order valence-corrected chi connectivity index (χ1v) is 5.29. The Kier molecular flexibility index (Phi) is 3.06. The van der Waals surface area contributed by atoms with Crippen LogP contribution in [-0.4, -0.2) is 29.8 Å². The summed E-state index contributed by atoms with van der Waals surface area (Å²) in [6.07, 6.45) is 2.39. The van der Waals surface area contributed by atoms with Crippen molar-refractivity contribution >= 4 is 5.90 Å². The lowest BCUT2D eigenvalue weighted by molar-refractivity contribution is 0.159. The Hall–Kier alpha value is -1.61. The van der Waals surface area contributed by atoms with Gasteiger partial charge in [0, 0.05) is 5.56 Å². The van der Waals surface area contributed by atoms with Crippen molar-refractivity contribution in [2.75, 3.05) is 13.2 Å². The molecule has 0 unspecified atom stereocenters. The second-order valence-corrected chi connectivity index (χ2v) is 3.95. The Bertz CT molecular complexity index is 400. The maximum absolute atomic E-state index is 9.38. The average Bonchev–Trinajstić information content (AvgIpc) is 2.76. The van der Waals surface area contributed by atoms with Gasteiger partial charge < -0.3 is 9.84 Å². The summed E-state index contributed by atoms with van der Waals surface area (Å²) in [4.78, 5) is 4.47. The van der Waals surface area contributed by atoms with Gasteiger partial charge in [0.1, 0.15) is 12.1 Å². The van der Waals surface area contributed by atoms with E-state index >= 15 is 0 Å². The minimum Gasteiger partial charge on any atom is -0.475 e. The molecular weight excluding hydrogens is 202 g/mol. The molecule has 0 bridgehead atoms. The monoisotopic (exact) mass is 217 g/mol. The first-order chi connectivity index (χ1) is 7.79. The standard InChI is InChI=1S/C13H15NO2/c1-2-8-13(9-15)10-16-12(14-13)11-6-4-3-5-7-11/h2-7,15H,1,8-10H2/t13-/m1/s1. The highest BCUT2D eigenvalue weighted by atomic mass is 16.5. The van der Waals surface area contributed by atoms with Gasteiger partial charge in [0.05, 0.1) is 6.61 Å². The second kappa shape index (κ2) is 4.49. The maximum atomic E-state index is 9.38. The molecule has 0 saturated carbocycles. The van der Waals surface area contributed by atoms with Crippen LogP contribution in [0, 0.1) is 0 Å². The number of hydrogen-bond acceptors (Lipinski definition) is 3. The molecule has 0 radical (unpaired) electrons. The van der Waals surface area contributed by atoms with Crippen LogP contribution in [0.25, 0.3) is 0 Å². The van der Waals surface area contributed by atoms with E-state index in [1.165, 1.54) is 0 Å². The van der Waals surface area contributed by atoms with E-state index in [1.807, 2.05) is 30.3 Å². The average molecular weight is 217 g/mol. The van der Waals surface area contributed by atoms with Crippen LogP contribution in [0.4, 0.5) is 0 Å². The van der Waals surface area contributed by atoms with E-state index in [0.29, 0.717) is 18.9 Å². The Morgan fingerprint density at radius 3 is 2.81 bits per heavy atom. The highest BCUT2D eigenvalue weighted by Gasteiger charge is 2.35. The van der Waals surface area contributed by atoms with Crippen LogP contribution in [0.15, 0.2) is 48.0 Å². The smallest absolute Gasteiger partial charge is 0.216 e. The van der Waals surface area contributed by atoms with Gasteiger partial charge in [-0.05, 0) is 18.6 Å². The number of aliphatic imine (C=N–C) groups is 1. The Balaban J connectivity index is 2.26. The molecule has 1 aromatic rings. The van der Waals surface area contributed by atoms with Crippen molar-refractivity contribution in [2.24, 2.45) is 4.99 Å². The second-order valence-electron chi connectivity index (χ2n) is 3.95. The van der Waals surface area contributed by atoms with Gasteiger partial charge in [-0.3, -0.25) is 0 Å². The Morgan fingerprint density at radius 2 is 2.19 bits per heavy atom. The van der Waals surface area contributed by atoms with Gasteiger partial charge in [-0.15, -0.1) is 6.58 Å². The fourth-order valence-corrected chi connectivity index (χ4v) is 1.73. The van der Waals surface area contributed by atoms with Gasteiger partial charge >= 0.3 is 0 Å². The predicted octanol–water partition coefficient (Wildman–Crippen LogP) is 1.77. The molecule has 0 spiro atoms. The zero-order valence-electron chi connectivity index (χ0n) is 9.10. The molecule has 1 aromatic carbocycles. The molecule has 2 rings (SSSR count). The molecule has 0 aliphatic carbocycles. The van der Waals surface area contributed by atoms with Crippen molar-refractivity contribution in [1.29, 1.82) is 0 Å². The molecule has 1 atom stereocenters. The van der Waals surface area contributed by atoms with Gasteiger partial charge in [-0.1, -0.05) is 24.3 Å². The van der Waals surface area contributed by atoms with Gasteiger partial charge in [0.2, 0.25) is 5.90 Å². The Morgan fingerprint density at radius 1 is 1.44 bits per heavy atom. The highest BCUT2D eigenvalue weighted by molar-refractivity contribution is 5.95. The lowest BCUT2D eigenvalue weighted by Gasteiger charge is -2.18. The van der Waals surface area contributed by atoms with Crippen molar-refractivity contribution < 1.29 is 9.84 Å². The molecular formula is C13H15NO2. The third kappa shape index (κ3) is 1.99. The van der Waals surface area contributed by atoms with E-state index in [1.54, 1.807) is 6.08 Å². The van der Waals surface area contributed by atoms with Crippen LogP contribution >= 0.6 is 0 Å². The maximum Gasteiger partial charge on any atom is 0.216 e.